The topological polar surface area (TPSA) is 77.2 Å². The summed E-state index contributed by atoms with van der Waals surface area (Å²) in [6.07, 6.45) is 1.52. The smallest absolute Gasteiger partial charge is 0.340 e. The second kappa shape index (κ2) is 6.95. The zero-order valence-electron chi connectivity index (χ0n) is 11.6. The number of rotatable bonds is 5. The van der Waals surface area contributed by atoms with E-state index < -0.39 is 5.97 Å². The number of nitrogens with one attached hydrogen (secondary N) is 1. The first-order valence-corrected chi connectivity index (χ1v) is 6.89. The lowest BCUT2D eigenvalue weighted by Gasteiger charge is -2.11. The van der Waals surface area contributed by atoms with E-state index in [1.54, 1.807) is 13.0 Å². The van der Waals surface area contributed by atoms with Gasteiger partial charge in [-0.25, -0.2) is 9.78 Å². The fourth-order valence-corrected chi connectivity index (χ4v) is 2.05. The second-order valence-corrected chi connectivity index (χ2v) is 4.76. The molecule has 2 rings (SSSR count). The Morgan fingerprint density at radius 3 is 2.95 bits per heavy atom. The molecule has 1 aromatic carbocycles. The van der Waals surface area contributed by atoms with Crippen molar-refractivity contribution in [2.24, 2.45) is 0 Å². The summed E-state index contributed by atoms with van der Waals surface area (Å²) in [7, 11) is 0. The number of hydrogen-bond donors (Lipinski definition) is 2. The molecule has 1 aromatic heterocycles. The highest BCUT2D eigenvalue weighted by Gasteiger charge is 2.14. The van der Waals surface area contributed by atoms with Gasteiger partial charge in [-0.1, -0.05) is 23.7 Å². The summed E-state index contributed by atoms with van der Waals surface area (Å²) >= 11 is 5.93. The number of carbonyl (C=O) groups excluding carboxylic acids is 1. The number of carbonyl (C=O) groups is 1. The van der Waals surface area contributed by atoms with Gasteiger partial charge < -0.3 is 15.8 Å². The van der Waals surface area contributed by atoms with E-state index in [0.717, 1.165) is 5.56 Å². The Hall–Kier alpha value is -2.27. The van der Waals surface area contributed by atoms with Crippen LogP contribution in [0.4, 0.5) is 11.5 Å². The van der Waals surface area contributed by atoms with Crippen molar-refractivity contribution < 1.29 is 9.53 Å². The molecule has 0 unspecified atom stereocenters. The molecule has 110 valence electrons. The molecule has 0 saturated heterocycles. The molecule has 6 heteroatoms. The number of ether oxygens (including phenoxy) is 1. The molecule has 0 amide bonds. The van der Waals surface area contributed by atoms with Crippen molar-refractivity contribution in [3.8, 4) is 0 Å². The average Bonchev–Trinajstić information content (AvgIpc) is 2.46. The van der Waals surface area contributed by atoms with Crippen molar-refractivity contribution in [2.45, 2.75) is 13.5 Å². The molecule has 0 atom stereocenters. The van der Waals surface area contributed by atoms with Gasteiger partial charge in [-0.3, -0.25) is 0 Å². The van der Waals surface area contributed by atoms with Crippen molar-refractivity contribution >= 4 is 29.1 Å². The van der Waals surface area contributed by atoms with Crippen LogP contribution in [-0.2, 0) is 11.3 Å². The minimum Gasteiger partial charge on any atom is -0.462 e. The first-order valence-electron chi connectivity index (χ1n) is 6.51. The summed E-state index contributed by atoms with van der Waals surface area (Å²) in [5, 5.41) is 3.75. The van der Waals surface area contributed by atoms with Gasteiger partial charge in [-0.15, -0.1) is 0 Å². The lowest BCUT2D eigenvalue weighted by atomic mass is 10.2. The van der Waals surface area contributed by atoms with Crippen LogP contribution in [0, 0.1) is 0 Å². The second-order valence-electron chi connectivity index (χ2n) is 4.32. The summed E-state index contributed by atoms with van der Waals surface area (Å²) in [5.41, 5.74) is 7.53. The van der Waals surface area contributed by atoms with Gasteiger partial charge in [0.15, 0.2) is 0 Å². The summed E-state index contributed by atoms with van der Waals surface area (Å²) in [4.78, 5) is 15.9. The highest BCUT2D eigenvalue weighted by molar-refractivity contribution is 6.30. The molecule has 1 heterocycles. The maximum Gasteiger partial charge on any atom is 0.340 e. The van der Waals surface area contributed by atoms with Crippen molar-refractivity contribution in [3.05, 3.63) is 52.7 Å². The molecule has 0 fully saturated rings. The van der Waals surface area contributed by atoms with E-state index in [9.17, 15) is 4.79 Å². The number of esters is 1. The molecule has 2 aromatic rings. The van der Waals surface area contributed by atoms with Crippen LogP contribution in [0.25, 0.3) is 0 Å². The number of nitrogen functional groups attached to an aromatic ring is 1. The Labute approximate surface area is 128 Å². The van der Waals surface area contributed by atoms with E-state index >= 15 is 0 Å². The molecule has 3 N–H and O–H groups in total. The standard InChI is InChI=1S/C15H16ClN3O2/c1-2-21-15(20)12-6-7-18-14(13(12)17)19-9-10-4-3-5-11(16)8-10/h3-8H,2,9,17H2,1H3,(H,18,19). The van der Waals surface area contributed by atoms with Crippen LogP contribution in [0.15, 0.2) is 36.5 Å². The largest absolute Gasteiger partial charge is 0.462 e. The minimum atomic E-state index is -0.455. The van der Waals surface area contributed by atoms with Crippen LogP contribution < -0.4 is 11.1 Å². The molecule has 0 bridgehead atoms. The molecular weight excluding hydrogens is 290 g/mol. The lowest BCUT2D eigenvalue weighted by Crippen LogP contribution is -2.12. The zero-order chi connectivity index (χ0) is 15.2. The fourth-order valence-electron chi connectivity index (χ4n) is 1.83. The van der Waals surface area contributed by atoms with Crippen LogP contribution in [0.5, 0.6) is 0 Å². The van der Waals surface area contributed by atoms with Crippen LogP contribution in [-0.4, -0.2) is 17.6 Å². The van der Waals surface area contributed by atoms with Crippen LogP contribution >= 0.6 is 11.6 Å². The van der Waals surface area contributed by atoms with Crippen LogP contribution in [0.1, 0.15) is 22.8 Å². The predicted octanol–water partition coefficient (Wildman–Crippen LogP) is 3.11. The first-order chi connectivity index (χ1) is 10.1. The molecular formula is C15H16ClN3O2. The third-order valence-corrected chi connectivity index (χ3v) is 3.07. The third kappa shape index (κ3) is 3.86. The first kappa shape index (κ1) is 15.1. The molecule has 21 heavy (non-hydrogen) atoms. The number of hydrogen-bond acceptors (Lipinski definition) is 5. The molecule has 0 spiro atoms. The average molecular weight is 306 g/mol. The van der Waals surface area contributed by atoms with E-state index in [2.05, 4.69) is 10.3 Å². The van der Waals surface area contributed by atoms with E-state index in [-0.39, 0.29) is 5.69 Å². The highest BCUT2D eigenvalue weighted by atomic mass is 35.5. The quantitative estimate of drug-likeness (QED) is 0.830. The molecule has 0 radical (unpaired) electrons. The van der Waals surface area contributed by atoms with Gasteiger partial charge >= 0.3 is 5.97 Å². The zero-order valence-corrected chi connectivity index (χ0v) is 12.4. The number of anilines is 2. The number of halogens is 1. The Morgan fingerprint density at radius 2 is 2.24 bits per heavy atom. The number of nitrogens with two attached hydrogens (primary N) is 1. The Bertz CT molecular complexity index is 647. The van der Waals surface area contributed by atoms with Crippen molar-refractivity contribution in [3.63, 3.8) is 0 Å². The Balaban J connectivity index is 2.13. The molecule has 0 aliphatic heterocycles. The molecule has 0 saturated carbocycles. The number of aromatic nitrogens is 1. The molecule has 0 aliphatic rings. The molecule has 5 nitrogen and oxygen atoms in total. The summed E-state index contributed by atoms with van der Waals surface area (Å²) in [6.45, 7) is 2.55. The molecule has 0 aliphatic carbocycles. The summed E-state index contributed by atoms with van der Waals surface area (Å²) in [6, 6.07) is 8.99. The van der Waals surface area contributed by atoms with Crippen LogP contribution in [0.3, 0.4) is 0 Å². The summed E-state index contributed by atoms with van der Waals surface area (Å²) < 4.78 is 4.95. The maximum absolute atomic E-state index is 11.8. The van der Waals surface area contributed by atoms with Gasteiger partial charge in [0.05, 0.1) is 17.9 Å². The maximum atomic E-state index is 11.8. The highest BCUT2D eigenvalue weighted by Crippen LogP contribution is 2.22. The van der Waals surface area contributed by atoms with Gasteiger partial charge in [0.25, 0.3) is 0 Å². The number of benzene rings is 1. The Morgan fingerprint density at radius 1 is 1.43 bits per heavy atom. The van der Waals surface area contributed by atoms with E-state index in [1.807, 2.05) is 18.2 Å². The number of pyridine rings is 1. The fraction of sp³-hybridized carbons (Fsp3) is 0.200. The van der Waals surface area contributed by atoms with Crippen molar-refractivity contribution in [1.29, 1.82) is 0 Å². The number of nitrogens with zero attached hydrogens (tertiary/aromatic N) is 1. The summed E-state index contributed by atoms with van der Waals surface area (Å²) in [5.74, 6) is -0.0104. The Kier molecular flexibility index (Phi) is 5.00. The van der Waals surface area contributed by atoms with Gasteiger partial charge in [0.2, 0.25) is 0 Å². The monoisotopic (exact) mass is 305 g/mol. The van der Waals surface area contributed by atoms with E-state index in [0.29, 0.717) is 29.6 Å². The minimum absolute atomic E-state index is 0.276. The normalized spacial score (nSPS) is 10.2. The predicted molar refractivity (Wildman–Crippen MR) is 83.4 cm³/mol. The van der Waals surface area contributed by atoms with E-state index in [4.69, 9.17) is 22.1 Å². The van der Waals surface area contributed by atoms with Gasteiger partial charge in [0.1, 0.15) is 5.82 Å². The third-order valence-electron chi connectivity index (χ3n) is 2.83. The van der Waals surface area contributed by atoms with E-state index in [1.165, 1.54) is 12.3 Å². The van der Waals surface area contributed by atoms with Crippen molar-refractivity contribution in [2.75, 3.05) is 17.7 Å². The van der Waals surface area contributed by atoms with Gasteiger partial charge in [-0.05, 0) is 30.7 Å². The lowest BCUT2D eigenvalue weighted by molar-refractivity contribution is 0.0527. The SMILES string of the molecule is CCOC(=O)c1ccnc(NCc2cccc(Cl)c2)c1N. The van der Waals surface area contributed by atoms with Gasteiger partial charge in [0, 0.05) is 17.8 Å². The van der Waals surface area contributed by atoms with Crippen LogP contribution in [0.2, 0.25) is 5.02 Å². The van der Waals surface area contributed by atoms with Crippen molar-refractivity contribution in [1.82, 2.24) is 4.98 Å². The van der Waals surface area contributed by atoms with Gasteiger partial charge in [-0.2, -0.15) is 0 Å².